The van der Waals surface area contributed by atoms with E-state index in [2.05, 4.69) is 20.5 Å². The van der Waals surface area contributed by atoms with Crippen molar-refractivity contribution < 1.29 is 13.9 Å². The number of aliphatic imine (C=N–C) groups is 1. The quantitative estimate of drug-likeness (QED) is 0.399. The number of methoxy groups -OCH3 is 1. The maximum Gasteiger partial charge on any atom is 0.191 e. The zero-order valence-corrected chi connectivity index (χ0v) is 17.1. The van der Waals surface area contributed by atoms with Gasteiger partial charge in [0, 0.05) is 43.9 Å². The molecular weight excluding hydrogens is 371 g/mol. The molecule has 6 nitrogen and oxygen atoms in total. The molecule has 1 fully saturated rings. The van der Waals surface area contributed by atoms with E-state index in [9.17, 15) is 4.39 Å². The van der Waals surface area contributed by atoms with Crippen LogP contribution in [-0.2, 0) is 9.47 Å². The molecule has 1 saturated heterocycles. The fourth-order valence-corrected chi connectivity index (χ4v) is 3.43. The zero-order chi connectivity index (χ0) is 19.6. The van der Waals surface area contributed by atoms with Crippen LogP contribution in [0.1, 0.15) is 25.5 Å². The van der Waals surface area contributed by atoms with Crippen LogP contribution in [0.4, 0.5) is 4.39 Å². The Bertz CT molecular complexity index is 597. The molecule has 1 heterocycles. The number of nitrogens with zero attached hydrogens (tertiary/aromatic N) is 2. The molecule has 0 saturated carbocycles. The van der Waals surface area contributed by atoms with E-state index in [-0.39, 0.29) is 18.0 Å². The van der Waals surface area contributed by atoms with Crippen LogP contribution in [0, 0.1) is 5.82 Å². The fourth-order valence-electron chi connectivity index (χ4n) is 3.14. The van der Waals surface area contributed by atoms with Crippen molar-refractivity contribution in [1.29, 1.82) is 0 Å². The molecule has 1 aliphatic heterocycles. The van der Waals surface area contributed by atoms with E-state index in [1.54, 1.807) is 19.2 Å². The van der Waals surface area contributed by atoms with Crippen molar-refractivity contribution in [3.05, 3.63) is 34.6 Å². The molecule has 1 aromatic rings. The Kier molecular flexibility index (Phi) is 9.27. The van der Waals surface area contributed by atoms with E-state index in [1.807, 2.05) is 13.8 Å². The highest BCUT2D eigenvalue weighted by atomic mass is 35.5. The summed E-state index contributed by atoms with van der Waals surface area (Å²) in [6.45, 7) is 8.39. The second kappa shape index (κ2) is 11.4. The minimum absolute atomic E-state index is 0.0869. The third-order valence-electron chi connectivity index (χ3n) is 4.41. The summed E-state index contributed by atoms with van der Waals surface area (Å²) in [7, 11) is 1.65. The fraction of sp³-hybridized carbons (Fsp3) is 0.632. The number of halogens is 2. The summed E-state index contributed by atoms with van der Waals surface area (Å²) in [6.07, 6.45) is 0.0869. The predicted octanol–water partition coefficient (Wildman–Crippen LogP) is 2.44. The molecule has 0 spiro atoms. The molecule has 1 aromatic carbocycles. The molecule has 2 unspecified atom stereocenters. The number of hydrogen-bond donors (Lipinski definition) is 2. The number of guanidine groups is 1. The van der Waals surface area contributed by atoms with E-state index in [0.717, 1.165) is 6.54 Å². The number of morpholine rings is 1. The summed E-state index contributed by atoms with van der Waals surface area (Å²) in [6, 6.07) is 4.54. The summed E-state index contributed by atoms with van der Waals surface area (Å²) in [5.41, 5.74) is 0.491. The first kappa shape index (κ1) is 21.9. The molecule has 2 rings (SSSR count). The number of ether oxygens (including phenoxy) is 2. The van der Waals surface area contributed by atoms with Crippen molar-refractivity contribution in [2.75, 3.05) is 53.0 Å². The first-order valence-corrected chi connectivity index (χ1v) is 9.75. The van der Waals surface area contributed by atoms with Gasteiger partial charge >= 0.3 is 0 Å². The van der Waals surface area contributed by atoms with Crippen LogP contribution in [0.3, 0.4) is 0 Å². The second-order valence-electron chi connectivity index (χ2n) is 6.47. The number of benzene rings is 1. The summed E-state index contributed by atoms with van der Waals surface area (Å²) < 4.78 is 25.3. The molecule has 0 radical (unpaired) electrons. The van der Waals surface area contributed by atoms with Crippen LogP contribution in [0.25, 0.3) is 0 Å². The van der Waals surface area contributed by atoms with Gasteiger partial charge in [0.2, 0.25) is 0 Å². The SMILES string of the molecule is CCNC(=NCC(c1c(F)cccc1Cl)N1CCOC(C)C1)NCCOC. The molecular formula is C19H30ClFN4O2. The van der Waals surface area contributed by atoms with E-state index in [4.69, 9.17) is 21.1 Å². The molecule has 27 heavy (non-hydrogen) atoms. The van der Waals surface area contributed by atoms with Crippen molar-refractivity contribution in [2.24, 2.45) is 4.99 Å². The molecule has 0 amide bonds. The monoisotopic (exact) mass is 400 g/mol. The van der Waals surface area contributed by atoms with Crippen LogP contribution in [0.15, 0.2) is 23.2 Å². The minimum atomic E-state index is -0.306. The standard InChI is InChI=1S/C19H30ClFN4O2/c1-4-22-19(23-8-10-26-3)24-12-17(25-9-11-27-14(2)13-25)18-15(20)6-5-7-16(18)21/h5-7,14,17H,4,8-13H2,1-3H3,(H2,22,23,24). The molecule has 152 valence electrons. The Balaban J connectivity index is 2.24. The molecule has 8 heteroatoms. The van der Waals surface area contributed by atoms with Crippen LogP contribution >= 0.6 is 11.6 Å². The summed E-state index contributed by atoms with van der Waals surface area (Å²) in [5.74, 6) is 0.368. The average Bonchev–Trinajstić information content (AvgIpc) is 2.64. The Morgan fingerprint density at radius 1 is 1.48 bits per heavy atom. The van der Waals surface area contributed by atoms with E-state index in [0.29, 0.717) is 55.9 Å². The van der Waals surface area contributed by atoms with E-state index in [1.165, 1.54) is 6.07 Å². The van der Waals surface area contributed by atoms with Gasteiger partial charge in [0.25, 0.3) is 0 Å². The molecule has 0 aliphatic carbocycles. The number of nitrogens with one attached hydrogen (secondary N) is 2. The van der Waals surface area contributed by atoms with Gasteiger partial charge in [-0.25, -0.2) is 4.39 Å². The van der Waals surface area contributed by atoms with Crippen molar-refractivity contribution >= 4 is 17.6 Å². The third-order valence-corrected chi connectivity index (χ3v) is 4.74. The van der Waals surface area contributed by atoms with Gasteiger partial charge in [-0.1, -0.05) is 17.7 Å². The largest absolute Gasteiger partial charge is 0.383 e. The van der Waals surface area contributed by atoms with Crippen molar-refractivity contribution in [1.82, 2.24) is 15.5 Å². The van der Waals surface area contributed by atoms with Gasteiger partial charge in [-0.15, -0.1) is 0 Å². The molecule has 0 aromatic heterocycles. The predicted molar refractivity (Wildman–Crippen MR) is 107 cm³/mol. The van der Waals surface area contributed by atoms with Crippen LogP contribution in [0.2, 0.25) is 5.02 Å². The normalized spacial score (nSPS) is 19.7. The summed E-state index contributed by atoms with van der Waals surface area (Å²) in [4.78, 5) is 6.87. The van der Waals surface area contributed by atoms with Gasteiger partial charge in [0.15, 0.2) is 5.96 Å². The lowest BCUT2D eigenvalue weighted by Crippen LogP contribution is -2.45. The molecule has 2 atom stereocenters. The lowest BCUT2D eigenvalue weighted by Gasteiger charge is -2.37. The summed E-state index contributed by atoms with van der Waals surface area (Å²) >= 11 is 6.36. The highest BCUT2D eigenvalue weighted by Gasteiger charge is 2.29. The molecule has 2 N–H and O–H groups in total. The minimum Gasteiger partial charge on any atom is -0.383 e. The summed E-state index contributed by atoms with van der Waals surface area (Å²) in [5, 5.41) is 6.84. The number of rotatable bonds is 8. The Hall–Kier alpha value is -1.41. The van der Waals surface area contributed by atoms with Crippen molar-refractivity contribution in [2.45, 2.75) is 26.0 Å². The Labute approximate surface area is 166 Å². The van der Waals surface area contributed by atoms with Gasteiger partial charge in [0.05, 0.1) is 31.9 Å². The second-order valence-corrected chi connectivity index (χ2v) is 6.87. The molecule has 0 bridgehead atoms. The van der Waals surface area contributed by atoms with Crippen LogP contribution in [-0.4, -0.2) is 70.0 Å². The first-order chi connectivity index (χ1) is 13.1. The lowest BCUT2D eigenvalue weighted by atomic mass is 10.0. The van der Waals surface area contributed by atoms with Gasteiger partial charge in [-0.05, 0) is 26.0 Å². The van der Waals surface area contributed by atoms with Crippen LogP contribution in [0.5, 0.6) is 0 Å². The highest BCUT2D eigenvalue weighted by molar-refractivity contribution is 6.31. The topological polar surface area (TPSA) is 58.1 Å². The van der Waals surface area contributed by atoms with E-state index >= 15 is 0 Å². The smallest absolute Gasteiger partial charge is 0.191 e. The van der Waals surface area contributed by atoms with E-state index < -0.39 is 0 Å². The van der Waals surface area contributed by atoms with Crippen LogP contribution < -0.4 is 10.6 Å². The highest BCUT2D eigenvalue weighted by Crippen LogP contribution is 2.31. The maximum absolute atomic E-state index is 14.6. The first-order valence-electron chi connectivity index (χ1n) is 9.37. The molecule has 1 aliphatic rings. The van der Waals surface area contributed by atoms with Gasteiger partial charge < -0.3 is 20.1 Å². The Morgan fingerprint density at radius 2 is 2.30 bits per heavy atom. The van der Waals surface area contributed by atoms with Gasteiger partial charge in [-0.2, -0.15) is 0 Å². The maximum atomic E-state index is 14.6. The van der Waals surface area contributed by atoms with Gasteiger partial charge in [-0.3, -0.25) is 9.89 Å². The van der Waals surface area contributed by atoms with Crippen molar-refractivity contribution in [3.8, 4) is 0 Å². The Morgan fingerprint density at radius 3 is 2.96 bits per heavy atom. The average molecular weight is 401 g/mol. The third kappa shape index (κ3) is 6.60. The van der Waals surface area contributed by atoms with Crippen molar-refractivity contribution in [3.63, 3.8) is 0 Å². The lowest BCUT2D eigenvalue weighted by molar-refractivity contribution is -0.0336. The number of hydrogen-bond acceptors (Lipinski definition) is 4. The zero-order valence-electron chi connectivity index (χ0n) is 16.3. The van der Waals surface area contributed by atoms with Gasteiger partial charge in [0.1, 0.15) is 5.82 Å².